The first-order valence-corrected chi connectivity index (χ1v) is 11.5. The average molecular weight is 486 g/mol. The Hall–Kier alpha value is -3.39. The summed E-state index contributed by atoms with van der Waals surface area (Å²) in [5.41, 5.74) is 1.99. The van der Waals surface area contributed by atoms with Crippen molar-refractivity contribution in [3.8, 4) is 6.07 Å². The Bertz CT molecular complexity index is 1240. The molecule has 3 fully saturated rings. The van der Waals surface area contributed by atoms with Gasteiger partial charge >= 0.3 is 6.18 Å². The number of nitrogens with one attached hydrogen (secondary N) is 2. The van der Waals surface area contributed by atoms with Gasteiger partial charge in [-0.15, -0.1) is 0 Å². The van der Waals surface area contributed by atoms with Crippen molar-refractivity contribution in [3.05, 3.63) is 36.0 Å². The summed E-state index contributed by atoms with van der Waals surface area (Å²) >= 11 is 0. The molecule has 35 heavy (non-hydrogen) atoms. The van der Waals surface area contributed by atoms with Crippen LogP contribution >= 0.6 is 0 Å². The minimum Gasteiger partial charge on any atom is -0.369 e. The molecule has 1 aromatic heterocycles. The first kappa shape index (κ1) is 23.4. The summed E-state index contributed by atoms with van der Waals surface area (Å²) in [7, 11) is 1.96. The van der Waals surface area contributed by atoms with Crippen molar-refractivity contribution in [2.45, 2.75) is 25.4 Å². The van der Waals surface area contributed by atoms with Gasteiger partial charge in [0.1, 0.15) is 11.5 Å². The van der Waals surface area contributed by atoms with Gasteiger partial charge in [-0.25, -0.2) is 0 Å². The van der Waals surface area contributed by atoms with Crippen LogP contribution in [-0.2, 0) is 9.59 Å². The molecule has 0 bridgehead atoms. The van der Waals surface area contributed by atoms with E-state index in [0.29, 0.717) is 35.0 Å². The van der Waals surface area contributed by atoms with Crippen molar-refractivity contribution >= 4 is 28.4 Å². The number of halogens is 3. The highest BCUT2D eigenvalue weighted by Crippen LogP contribution is 2.75. The Morgan fingerprint density at radius 2 is 1.91 bits per heavy atom. The highest BCUT2D eigenvalue weighted by Gasteiger charge is 2.86. The van der Waals surface area contributed by atoms with Gasteiger partial charge < -0.3 is 9.80 Å². The van der Waals surface area contributed by atoms with Crippen molar-refractivity contribution < 1.29 is 22.8 Å². The lowest BCUT2D eigenvalue weighted by Gasteiger charge is -2.28. The largest absolute Gasteiger partial charge is 0.397 e. The van der Waals surface area contributed by atoms with Crippen LogP contribution < -0.4 is 15.8 Å². The van der Waals surface area contributed by atoms with E-state index in [-0.39, 0.29) is 31.3 Å². The summed E-state index contributed by atoms with van der Waals surface area (Å²) in [5, 5.41) is 9.92. The Balaban J connectivity index is 1.38. The van der Waals surface area contributed by atoms with Crippen LogP contribution in [0.25, 0.3) is 10.9 Å². The van der Waals surface area contributed by atoms with Gasteiger partial charge in [-0.05, 0) is 63.7 Å². The number of carbonyl (C=O) groups excluding carboxylic acids is 2. The molecule has 1 aromatic carbocycles. The van der Waals surface area contributed by atoms with Crippen LogP contribution in [0.3, 0.4) is 0 Å². The molecule has 1 saturated carbocycles. The van der Waals surface area contributed by atoms with Crippen LogP contribution in [0.2, 0.25) is 0 Å². The number of piperidine rings is 2. The second kappa shape index (κ2) is 8.09. The molecule has 0 unspecified atom stereocenters. The molecule has 2 N–H and O–H groups in total. The van der Waals surface area contributed by atoms with E-state index in [1.54, 1.807) is 23.1 Å². The second-order valence-electron chi connectivity index (χ2n) is 9.86. The van der Waals surface area contributed by atoms with Crippen molar-refractivity contribution in [1.29, 1.82) is 5.26 Å². The maximum atomic E-state index is 14.3. The molecule has 1 aliphatic carbocycles. The fraction of sp³-hybridized carbons (Fsp3) is 0.500. The van der Waals surface area contributed by atoms with Crippen molar-refractivity contribution in [2.24, 2.45) is 16.7 Å². The fourth-order valence-corrected chi connectivity index (χ4v) is 5.73. The van der Waals surface area contributed by atoms with Gasteiger partial charge in [-0.3, -0.25) is 25.4 Å². The normalized spacial score (nSPS) is 26.8. The summed E-state index contributed by atoms with van der Waals surface area (Å²) in [6.45, 7) is 0.950. The SMILES string of the molecule is CN1CCC(C(=O)NNC(=O)[C@]23CN(c4ccc(C#N)c5ncccc45)C[C@@]2(C(F)(F)F)C3)CC1. The molecule has 3 aliphatic rings. The summed E-state index contributed by atoms with van der Waals surface area (Å²) in [4.78, 5) is 33.5. The number of hydrazine groups is 1. The molecule has 5 rings (SSSR count). The summed E-state index contributed by atoms with van der Waals surface area (Å²) < 4.78 is 42.9. The number of rotatable bonds is 3. The third-order valence-corrected chi connectivity index (χ3v) is 7.89. The minimum atomic E-state index is -4.60. The number of amides is 2. The average Bonchev–Trinajstić information content (AvgIpc) is 3.39. The van der Waals surface area contributed by atoms with Crippen molar-refractivity contribution in [1.82, 2.24) is 20.7 Å². The van der Waals surface area contributed by atoms with Gasteiger partial charge in [0.2, 0.25) is 11.8 Å². The van der Waals surface area contributed by atoms with Gasteiger partial charge in [0.25, 0.3) is 0 Å². The van der Waals surface area contributed by atoms with E-state index in [4.69, 9.17) is 0 Å². The van der Waals surface area contributed by atoms with Crippen LogP contribution in [0, 0.1) is 28.1 Å². The van der Waals surface area contributed by atoms with Gasteiger partial charge in [0, 0.05) is 36.3 Å². The first-order valence-electron chi connectivity index (χ1n) is 11.5. The molecule has 0 radical (unpaired) electrons. The van der Waals surface area contributed by atoms with Crippen LogP contribution in [0.4, 0.5) is 18.9 Å². The zero-order valence-electron chi connectivity index (χ0n) is 19.2. The van der Waals surface area contributed by atoms with Gasteiger partial charge in [-0.1, -0.05) is 0 Å². The van der Waals surface area contributed by atoms with Crippen molar-refractivity contribution in [2.75, 3.05) is 38.1 Å². The van der Waals surface area contributed by atoms with E-state index in [1.807, 2.05) is 7.05 Å². The molecule has 2 amide bonds. The topological polar surface area (TPSA) is 101 Å². The van der Waals surface area contributed by atoms with Crippen LogP contribution in [-0.4, -0.2) is 61.1 Å². The monoisotopic (exact) mass is 486 g/mol. The summed E-state index contributed by atoms with van der Waals surface area (Å²) in [6.07, 6.45) is -2.15. The van der Waals surface area contributed by atoms with E-state index in [0.717, 1.165) is 13.1 Å². The molecule has 2 aromatic rings. The fourth-order valence-electron chi connectivity index (χ4n) is 5.73. The molecule has 2 atom stereocenters. The number of carbonyl (C=O) groups is 2. The van der Waals surface area contributed by atoms with Crippen LogP contribution in [0.1, 0.15) is 24.8 Å². The first-order chi connectivity index (χ1) is 16.6. The number of alkyl halides is 3. The molecule has 184 valence electrons. The summed E-state index contributed by atoms with van der Waals surface area (Å²) in [6, 6.07) is 8.55. The predicted molar refractivity (Wildman–Crippen MR) is 121 cm³/mol. The Morgan fingerprint density at radius 3 is 2.60 bits per heavy atom. The number of pyridine rings is 1. The lowest BCUT2D eigenvalue weighted by Crippen LogP contribution is -2.51. The summed E-state index contributed by atoms with van der Waals surface area (Å²) in [5.74, 6) is -1.48. The Morgan fingerprint density at radius 1 is 1.17 bits per heavy atom. The van der Waals surface area contributed by atoms with E-state index >= 15 is 0 Å². The van der Waals surface area contributed by atoms with Gasteiger partial charge in [0.05, 0.1) is 16.5 Å². The third-order valence-electron chi connectivity index (χ3n) is 7.89. The van der Waals surface area contributed by atoms with Crippen molar-refractivity contribution in [3.63, 3.8) is 0 Å². The second-order valence-corrected chi connectivity index (χ2v) is 9.86. The number of nitriles is 1. The number of fused-ring (bicyclic) bond motifs is 2. The maximum Gasteiger partial charge on any atom is 0.397 e. The van der Waals surface area contributed by atoms with Gasteiger partial charge in [0.15, 0.2) is 0 Å². The Labute approximate surface area is 200 Å². The highest BCUT2D eigenvalue weighted by molar-refractivity contribution is 5.97. The third kappa shape index (κ3) is 3.58. The number of benzene rings is 1. The number of hydrogen-bond acceptors (Lipinski definition) is 6. The molecule has 0 spiro atoms. The molecular formula is C24H25F3N6O2. The number of nitrogens with zero attached hydrogens (tertiary/aromatic N) is 4. The molecule has 8 nitrogen and oxygen atoms in total. The zero-order chi connectivity index (χ0) is 25.0. The molecule has 2 saturated heterocycles. The lowest BCUT2D eigenvalue weighted by molar-refractivity contribution is -0.191. The lowest BCUT2D eigenvalue weighted by atomic mass is 9.95. The molecular weight excluding hydrogens is 461 g/mol. The predicted octanol–water partition coefficient (Wildman–Crippen LogP) is 2.35. The highest BCUT2D eigenvalue weighted by atomic mass is 19.4. The van der Waals surface area contributed by atoms with Crippen LogP contribution in [0.15, 0.2) is 30.5 Å². The number of hydrogen-bond donors (Lipinski definition) is 2. The zero-order valence-corrected chi connectivity index (χ0v) is 19.2. The number of aromatic nitrogens is 1. The standard InChI is InChI=1S/C24H25F3N6O2/c1-32-9-6-15(7-10-32)20(34)30-31-21(35)22-12-23(22,24(25,26)27)14-33(13-22)18-5-4-16(11-28)19-17(18)3-2-8-29-19/h2-5,8,15H,6-7,9-10,12-14H2,1H3,(H,30,34)(H,31,35)/t22-,23-/m0/s1. The van der Waals surface area contributed by atoms with E-state index in [9.17, 15) is 28.0 Å². The molecule has 11 heteroatoms. The molecule has 3 heterocycles. The van der Waals surface area contributed by atoms with E-state index in [2.05, 4.69) is 26.8 Å². The molecule has 2 aliphatic heterocycles. The Kier molecular flexibility index (Phi) is 5.40. The maximum absolute atomic E-state index is 14.3. The van der Waals surface area contributed by atoms with Gasteiger partial charge in [-0.2, -0.15) is 18.4 Å². The van der Waals surface area contributed by atoms with E-state index < -0.39 is 22.9 Å². The number of anilines is 1. The minimum absolute atomic E-state index is 0.154. The quantitative estimate of drug-likeness (QED) is 0.646. The van der Waals surface area contributed by atoms with Crippen LogP contribution in [0.5, 0.6) is 0 Å². The number of likely N-dealkylation sites (tertiary alicyclic amines) is 1. The van der Waals surface area contributed by atoms with E-state index in [1.165, 1.54) is 12.3 Å². The smallest absolute Gasteiger partial charge is 0.369 e.